The Morgan fingerprint density at radius 1 is 0.816 bits per heavy atom. The van der Waals surface area contributed by atoms with Gasteiger partial charge in [-0.25, -0.2) is 9.59 Å². The number of aliphatic carboxylic acids is 1. The van der Waals surface area contributed by atoms with E-state index in [2.05, 4.69) is 4.74 Å². The number of carbonyl (C=O) groups is 4. The number of ether oxygens (including phenoxy) is 8. The Labute approximate surface area is 322 Å². The number of hydrogen-bond donors (Lipinski definition) is 7. The van der Waals surface area contributed by atoms with Crippen LogP contribution in [0.1, 0.15) is 41.5 Å². The van der Waals surface area contributed by atoms with Gasteiger partial charge in [0, 0.05) is 0 Å². The van der Waals surface area contributed by atoms with Crippen molar-refractivity contribution in [2.75, 3.05) is 26.4 Å². The van der Waals surface area contributed by atoms with E-state index in [0.717, 1.165) is 6.29 Å². The van der Waals surface area contributed by atoms with Crippen LogP contribution in [0.2, 0.25) is 0 Å². The maximum atomic E-state index is 10.9. The molecule has 0 spiro atoms. The van der Waals surface area contributed by atoms with Crippen molar-refractivity contribution in [3.8, 4) is 0 Å². The summed E-state index contributed by atoms with van der Waals surface area (Å²) < 4.78 is 40.0. The molecule has 0 aromatic rings. The van der Waals surface area contributed by atoms with Crippen LogP contribution in [0.25, 0.3) is 0 Å². The quantitative estimate of drug-likeness (QED) is 0.0760. The molecule has 5 heterocycles. The molecule has 21 heteroatoms. The summed E-state index contributed by atoms with van der Waals surface area (Å²) >= 11 is 0. The fraction of sp³-hybridized carbons (Fsp3) is 0.714. The molecular formula is C28H41KO20. The second-order valence-corrected chi connectivity index (χ2v) is 11.9. The molecule has 5 rings (SSSR count). The summed E-state index contributed by atoms with van der Waals surface area (Å²) in [6.45, 7) is 10.3. The maximum Gasteiger partial charge on any atom is 1.00 e. The van der Waals surface area contributed by atoms with Crippen molar-refractivity contribution in [1.82, 2.24) is 0 Å². The van der Waals surface area contributed by atoms with Gasteiger partial charge in [0.2, 0.25) is 11.5 Å². The molecule has 1 unspecified atom stereocenters. The standard InChI is InChI=1S/C9H12O6.C7H12O5.C6H8O6.C6H10O3.K/c1-9(2)13-3-4(15-9)7-5(10)6(11)8(12)14-7;1-7(2)11-3-4(12-7)5(8)6(9)10;7-1-2(8)5-3(9)4(10)6(11)12-5;1-6(2)8-4-5(3-7)9-6;/h4,7,10-11H,3H2,1-2H3;4-5,8H,3H2,1-2H3,(H,9,10);2,5,7-10H,1H2;3,5H,4H2,1-2H3;/q;;;;+1/p-1/t4-,7+;4-,5?;2-,5+;5-;/m0001./s1. The predicted octanol–water partition coefficient (Wildman–Crippen LogP) is -5.43. The number of cyclic esters (lactones) is 2. The van der Waals surface area contributed by atoms with Crippen LogP contribution in [0.15, 0.2) is 23.0 Å². The van der Waals surface area contributed by atoms with Gasteiger partial charge in [0.25, 0.3) is 0 Å². The van der Waals surface area contributed by atoms with Crippen molar-refractivity contribution in [2.45, 2.75) is 102 Å². The Morgan fingerprint density at radius 3 is 1.63 bits per heavy atom. The molecule has 274 valence electrons. The summed E-state index contributed by atoms with van der Waals surface area (Å²) in [6, 6.07) is 0. The van der Waals surface area contributed by atoms with Crippen LogP contribution in [0.3, 0.4) is 0 Å². The Balaban J connectivity index is 0.000000329. The molecule has 0 amide bonds. The third-order valence-corrected chi connectivity index (χ3v) is 6.59. The van der Waals surface area contributed by atoms with Crippen molar-refractivity contribution in [3.63, 3.8) is 0 Å². The molecule has 0 aromatic heterocycles. The van der Waals surface area contributed by atoms with E-state index in [0.29, 0.717) is 6.61 Å². The van der Waals surface area contributed by atoms with Gasteiger partial charge in [-0.05, 0) is 41.5 Å². The summed E-state index contributed by atoms with van der Waals surface area (Å²) in [5, 5.41) is 72.7. The van der Waals surface area contributed by atoms with Crippen LogP contribution in [0, 0.1) is 0 Å². The number of hydrogen-bond acceptors (Lipinski definition) is 20. The Hall–Kier alpha value is -1.96. The van der Waals surface area contributed by atoms with E-state index in [1.165, 1.54) is 0 Å². The smallest absolute Gasteiger partial charge is 0.547 e. The van der Waals surface area contributed by atoms with Crippen molar-refractivity contribution in [3.05, 3.63) is 23.0 Å². The topological polar surface area (TPSA) is 307 Å². The molecule has 5 aliphatic rings. The third kappa shape index (κ3) is 12.9. The summed E-state index contributed by atoms with van der Waals surface area (Å²) in [7, 11) is 0. The number of rotatable bonds is 6. The number of carboxylic acids is 1. The molecule has 3 fully saturated rings. The molecule has 0 radical (unpaired) electrons. The fourth-order valence-corrected chi connectivity index (χ4v) is 4.21. The molecule has 7 atom stereocenters. The van der Waals surface area contributed by atoms with Gasteiger partial charge in [-0.1, -0.05) is 0 Å². The van der Waals surface area contributed by atoms with Crippen molar-refractivity contribution < 1.29 is 149 Å². The number of esters is 2. The molecule has 20 nitrogen and oxygen atoms in total. The van der Waals surface area contributed by atoms with Gasteiger partial charge >= 0.3 is 63.3 Å². The summed E-state index contributed by atoms with van der Waals surface area (Å²) in [5.74, 6) is -8.66. The molecule has 0 aliphatic carbocycles. The Morgan fingerprint density at radius 2 is 1.31 bits per heavy atom. The first-order valence-corrected chi connectivity index (χ1v) is 14.3. The largest absolute Gasteiger partial charge is 1.00 e. The van der Waals surface area contributed by atoms with Gasteiger partial charge < -0.3 is 88.3 Å². The summed E-state index contributed by atoms with van der Waals surface area (Å²) in [5.41, 5.74) is 0. The molecule has 0 saturated carbocycles. The van der Waals surface area contributed by atoms with Crippen LogP contribution >= 0.6 is 0 Å². The van der Waals surface area contributed by atoms with Crippen LogP contribution in [-0.4, -0.2) is 146 Å². The minimum absolute atomic E-state index is 0. The number of aldehydes is 1. The third-order valence-electron chi connectivity index (χ3n) is 6.59. The second-order valence-electron chi connectivity index (χ2n) is 11.9. The SMILES string of the molecule is CC1(C)OC[C@@H](C(O)C(=O)[O-])O1.CC1(C)OC[C@@H](C=O)O1.CC1(C)OC[C@@H]([C@H]2OC(=O)C(O)=C2O)O1.O=C1O[C@H]([C@@H](O)CO)C(O)=C1O.[K+]. The van der Waals surface area contributed by atoms with Gasteiger partial charge in [-0.3, -0.25) is 0 Å². The molecule has 49 heavy (non-hydrogen) atoms. The van der Waals surface area contributed by atoms with Gasteiger partial charge in [0.05, 0.1) is 32.4 Å². The monoisotopic (exact) mass is 736 g/mol. The van der Waals surface area contributed by atoms with Gasteiger partial charge in [-0.15, -0.1) is 0 Å². The van der Waals surface area contributed by atoms with Crippen molar-refractivity contribution >= 4 is 24.2 Å². The van der Waals surface area contributed by atoms with Gasteiger partial charge in [0.1, 0.15) is 30.5 Å². The number of aliphatic hydroxyl groups excluding tert-OH is 7. The molecule has 0 bridgehead atoms. The van der Waals surface area contributed by atoms with Crippen LogP contribution in [0.5, 0.6) is 0 Å². The zero-order valence-corrected chi connectivity index (χ0v) is 31.0. The fourth-order valence-electron chi connectivity index (χ4n) is 4.21. The number of carboxylic acid groups (broad SMARTS) is 1. The van der Waals surface area contributed by atoms with E-state index in [1.807, 2.05) is 0 Å². The maximum absolute atomic E-state index is 10.9. The zero-order chi connectivity index (χ0) is 36.8. The van der Waals surface area contributed by atoms with Crippen LogP contribution in [-0.2, 0) is 57.1 Å². The van der Waals surface area contributed by atoms with E-state index >= 15 is 0 Å². The van der Waals surface area contributed by atoms with Gasteiger partial charge in [-0.2, -0.15) is 0 Å². The minimum Gasteiger partial charge on any atom is -0.547 e. The van der Waals surface area contributed by atoms with Crippen molar-refractivity contribution in [1.29, 1.82) is 0 Å². The molecule has 7 N–H and O–H groups in total. The van der Waals surface area contributed by atoms with E-state index < -0.39 is 102 Å². The number of carbonyl (C=O) groups excluding carboxylic acids is 4. The first kappa shape index (κ1) is 45.1. The molecule has 3 saturated heterocycles. The van der Waals surface area contributed by atoms with Crippen LogP contribution in [0.4, 0.5) is 0 Å². The first-order chi connectivity index (χ1) is 22.0. The molecule has 0 aromatic carbocycles. The summed E-state index contributed by atoms with van der Waals surface area (Å²) in [4.78, 5) is 41.7. The average Bonchev–Trinajstić information content (AvgIpc) is 3.79. The van der Waals surface area contributed by atoms with Gasteiger partial charge in [0.15, 0.2) is 47.4 Å². The summed E-state index contributed by atoms with van der Waals surface area (Å²) in [6.07, 6.45) is -6.39. The van der Waals surface area contributed by atoms with E-state index in [9.17, 15) is 29.4 Å². The van der Waals surface area contributed by atoms with Crippen LogP contribution < -0.4 is 56.5 Å². The zero-order valence-electron chi connectivity index (χ0n) is 27.9. The average molecular weight is 737 g/mol. The van der Waals surface area contributed by atoms with E-state index in [-0.39, 0.29) is 70.7 Å². The van der Waals surface area contributed by atoms with E-state index in [1.54, 1.807) is 41.5 Å². The van der Waals surface area contributed by atoms with E-state index in [4.69, 9.17) is 63.8 Å². The second kappa shape index (κ2) is 18.5. The molecular weight excluding hydrogens is 695 g/mol. The Bertz CT molecular complexity index is 1240. The Kier molecular flexibility index (Phi) is 17.0. The minimum atomic E-state index is -1.62. The van der Waals surface area contributed by atoms with Crippen molar-refractivity contribution in [2.24, 2.45) is 0 Å². The molecule has 5 aliphatic heterocycles. The normalized spacial score (nSPS) is 30.3. The number of aliphatic hydroxyl groups is 7. The first-order valence-electron chi connectivity index (χ1n) is 14.3. The predicted molar refractivity (Wildman–Crippen MR) is 149 cm³/mol.